The van der Waals surface area contributed by atoms with Gasteiger partial charge in [-0.1, -0.05) is 0 Å². The van der Waals surface area contributed by atoms with Crippen molar-refractivity contribution in [2.24, 2.45) is 0 Å². The Morgan fingerprint density at radius 3 is 2.64 bits per heavy atom. The van der Waals surface area contributed by atoms with E-state index < -0.39 is 30.0 Å². The number of carboxylic acids is 1. The number of aromatic hydroxyl groups is 2. The predicted octanol–water partition coefficient (Wildman–Crippen LogP) is 2.66. The maximum absolute atomic E-state index is 12.7. The van der Waals surface area contributed by atoms with Crippen LogP contribution >= 0.6 is 0 Å². The number of fused-ring (bicyclic) bond motifs is 2. The third-order valence-electron chi connectivity index (χ3n) is 5.65. The highest BCUT2D eigenvalue weighted by molar-refractivity contribution is 5.91. The van der Waals surface area contributed by atoms with Crippen LogP contribution in [0.4, 0.5) is 0 Å². The number of benzene rings is 2. The van der Waals surface area contributed by atoms with Crippen molar-refractivity contribution in [2.45, 2.75) is 32.7 Å². The summed E-state index contributed by atoms with van der Waals surface area (Å²) in [7, 11) is 0. The molecule has 9 nitrogen and oxygen atoms in total. The quantitative estimate of drug-likeness (QED) is 0.283. The molecule has 9 heteroatoms. The van der Waals surface area contributed by atoms with Gasteiger partial charge in [-0.3, -0.25) is 4.79 Å². The van der Waals surface area contributed by atoms with E-state index >= 15 is 0 Å². The van der Waals surface area contributed by atoms with Crippen LogP contribution in [-0.2, 0) is 22.4 Å². The molecule has 0 radical (unpaired) electrons. The number of rotatable bonds is 6. The standard InChI is InChI=1S/C24H22N2O7/c1-11-5-19(28)22-12(2)15(24(32)33-20(22)6-11)9-21(29)26-18(23(30)31)7-13-10-25-17-4-3-14(27)8-16(13)17/h3-6,8,10,18,25,27-28H,7,9H2,1-2H3,(H,26,29)(H,30,31)/t18-/m1/s1. The molecule has 1 atom stereocenters. The molecule has 0 fully saturated rings. The van der Waals surface area contributed by atoms with E-state index in [0.29, 0.717) is 27.5 Å². The smallest absolute Gasteiger partial charge is 0.340 e. The molecule has 0 unspecified atom stereocenters. The molecule has 4 rings (SSSR count). The molecular formula is C24H22N2O7. The van der Waals surface area contributed by atoms with Crippen molar-refractivity contribution < 1.29 is 29.3 Å². The molecule has 0 aliphatic carbocycles. The van der Waals surface area contributed by atoms with Crippen LogP contribution in [0.1, 0.15) is 22.3 Å². The molecule has 2 heterocycles. The number of phenolic OH excluding ortho intramolecular Hbond substituents is 2. The number of phenols is 2. The van der Waals surface area contributed by atoms with Gasteiger partial charge in [-0.05, 0) is 60.9 Å². The fourth-order valence-electron chi connectivity index (χ4n) is 4.02. The number of H-pyrrole nitrogens is 1. The molecule has 1 amide bonds. The van der Waals surface area contributed by atoms with E-state index in [-0.39, 0.29) is 29.1 Å². The molecule has 0 saturated carbocycles. The fourth-order valence-corrected chi connectivity index (χ4v) is 4.02. The van der Waals surface area contributed by atoms with E-state index in [9.17, 15) is 29.7 Å². The third kappa shape index (κ3) is 4.25. The zero-order valence-electron chi connectivity index (χ0n) is 17.9. The molecule has 0 saturated heterocycles. The van der Waals surface area contributed by atoms with Crippen LogP contribution in [-0.4, -0.2) is 38.2 Å². The van der Waals surface area contributed by atoms with Crippen LogP contribution in [0.25, 0.3) is 21.9 Å². The zero-order chi connectivity index (χ0) is 23.9. The first-order chi connectivity index (χ1) is 15.6. The second-order valence-corrected chi connectivity index (χ2v) is 8.03. The Morgan fingerprint density at radius 2 is 1.91 bits per heavy atom. The number of aromatic nitrogens is 1. The summed E-state index contributed by atoms with van der Waals surface area (Å²) in [5.74, 6) is -1.95. The van der Waals surface area contributed by atoms with Gasteiger partial charge in [0.2, 0.25) is 5.91 Å². The Bertz CT molecular complexity index is 1470. The first-order valence-electron chi connectivity index (χ1n) is 10.2. The number of hydrogen-bond donors (Lipinski definition) is 5. The van der Waals surface area contributed by atoms with Gasteiger partial charge in [0.1, 0.15) is 23.1 Å². The molecule has 33 heavy (non-hydrogen) atoms. The zero-order valence-corrected chi connectivity index (χ0v) is 17.9. The van der Waals surface area contributed by atoms with Crippen LogP contribution in [0.15, 0.2) is 45.7 Å². The molecule has 170 valence electrons. The molecule has 2 aromatic heterocycles. The average molecular weight is 450 g/mol. The van der Waals surface area contributed by atoms with Gasteiger partial charge in [0.15, 0.2) is 0 Å². The van der Waals surface area contributed by atoms with Crippen molar-refractivity contribution in [2.75, 3.05) is 0 Å². The summed E-state index contributed by atoms with van der Waals surface area (Å²) in [5, 5.41) is 33.1. The molecule has 2 aromatic carbocycles. The number of aliphatic carboxylic acids is 1. The first-order valence-corrected chi connectivity index (χ1v) is 10.2. The second-order valence-electron chi connectivity index (χ2n) is 8.03. The number of carboxylic acid groups (broad SMARTS) is 1. The lowest BCUT2D eigenvalue weighted by Gasteiger charge is -2.15. The van der Waals surface area contributed by atoms with Gasteiger partial charge >= 0.3 is 11.6 Å². The van der Waals surface area contributed by atoms with Crippen molar-refractivity contribution in [1.29, 1.82) is 0 Å². The van der Waals surface area contributed by atoms with Gasteiger partial charge in [-0.2, -0.15) is 0 Å². The van der Waals surface area contributed by atoms with Crippen molar-refractivity contribution in [1.82, 2.24) is 10.3 Å². The lowest BCUT2D eigenvalue weighted by Crippen LogP contribution is -2.43. The SMILES string of the molecule is Cc1cc(O)c2c(C)c(CC(=O)N[C@H](Cc3c[nH]c4ccc(O)cc34)C(=O)O)c(=O)oc2c1. The van der Waals surface area contributed by atoms with Gasteiger partial charge in [0, 0.05) is 23.5 Å². The Morgan fingerprint density at radius 1 is 1.15 bits per heavy atom. The number of aryl methyl sites for hydroxylation is 2. The highest BCUT2D eigenvalue weighted by Gasteiger charge is 2.24. The van der Waals surface area contributed by atoms with Crippen molar-refractivity contribution in [3.63, 3.8) is 0 Å². The van der Waals surface area contributed by atoms with Crippen molar-refractivity contribution in [3.05, 3.63) is 69.2 Å². The third-order valence-corrected chi connectivity index (χ3v) is 5.65. The van der Waals surface area contributed by atoms with E-state index in [2.05, 4.69) is 10.3 Å². The number of amides is 1. The lowest BCUT2D eigenvalue weighted by atomic mass is 10.0. The Balaban J connectivity index is 1.59. The van der Waals surface area contributed by atoms with Crippen molar-refractivity contribution >= 4 is 33.7 Å². The number of nitrogens with one attached hydrogen (secondary N) is 2. The van der Waals surface area contributed by atoms with Crippen LogP contribution in [0.3, 0.4) is 0 Å². The number of hydrogen-bond acceptors (Lipinski definition) is 6. The summed E-state index contributed by atoms with van der Waals surface area (Å²) < 4.78 is 5.29. The first kappa shape index (κ1) is 21.9. The fraction of sp³-hybridized carbons (Fsp3) is 0.208. The second kappa shape index (κ2) is 8.34. The molecule has 0 spiro atoms. The number of aromatic amines is 1. The maximum atomic E-state index is 12.7. The van der Waals surface area contributed by atoms with Crippen LogP contribution < -0.4 is 10.9 Å². The van der Waals surface area contributed by atoms with Crippen LogP contribution in [0, 0.1) is 13.8 Å². The average Bonchev–Trinajstić information content (AvgIpc) is 3.11. The van der Waals surface area contributed by atoms with Crippen molar-refractivity contribution in [3.8, 4) is 11.5 Å². The highest BCUT2D eigenvalue weighted by Crippen LogP contribution is 2.30. The van der Waals surface area contributed by atoms with Crippen LogP contribution in [0.5, 0.6) is 11.5 Å². The molecule has 0 aliphatic rings. The largest absolute Gasteiger partial charge is 0.508 e. The molecule has 4 aromatic rings. The molecule has 0 aliphatic heterocycles. The minimum Gasteiger partial charge on any atom is -0.508 e. The minimum atomic E-state index is -1.26. The Kier molecular flexibility index (Phi) is 5.55. The molecular weight excluding hydrogens is 428 g/mol. The maximum Gasteiger partial charge on any atom is 0.340 e. The summed E-state index contributed by atoms with van der Waals surface area (Å²) in [4.78, 5) is 40.0. The Hall–Kier alpha value is -4.27. The van der Waals surface area contributed by atoms with Gasteiger partial charge in [0.05, 0.1) is 17.4 Å². The summed E-state index contributed by atoms with van der Waals surface area (Å²) in [6.45, 7) is 3.35. The summed E-state index contributed by atoms with van der Waals surface area (Å²) in [6, 6.07) is 6.57. The van der Waals surface area contributed by atoms with E-state index in [1.165, 1.54) is 18.2 Å². The van der Waals surface area contributed by atoms with E-state index in [1.807, 2.05) is 0 Å². The minimum absolute atomic E-state index is 0.0318. The molecule has 0 bridgehead atoms. The summed E-state index contributed by atoms with van der Waals surface area (Å²) in [6.07, 6.45) is 1.19. The van der Waals surface area contributed by atoms with Gasteiger partial charge in [0.25, 0.3) is 0 Å². The predicted molar refractivity (Wildman–Crippen MR) is 121 cm³/mol. The monoisotopic (exact) mass is 450 g/mol. The Labute approximate surface area is 187 Å². The van der Waals surface area contributed by atoms with E-state index in [4.69, 9.17) is 4.42 Å². The van der Waals surface area contributed by atoms with E-state index in [1.54, 1.807) is 32.2 Å². The van der Waals surface area contributed by atoms with Gasteiger partial charge in [-0.15, -0.1) is 0 Å². The summed E-state index contributed by atoms with van der Waals surface area (Å²) >= 11 is 0. The molecule has 5 N–H and O–H groups in total. The van der Waals surface area contributed by atoms with Gasteiger partial charge < -0.3 is 30.0 Å². The highest BCUT2D eigenvalue weighted by atomic mass is 16.4. The number of carbonyl (C=O) groups excluding carboxylic acids is 1. The summed E-state index contributed by atoms with van der Waals surface area (Å²) in [5.41, 5.74) is 1.97. The topological polar surface area (TPSA) is 153 Å². The van der Waals surface area contributed by atoms with E-state index in [0.717, 1.165) is 5.52 Å². The normalized spacial score (nSPS) is 12.2. The van der Waals surface area contributed by atoms with Gasteiger partial charge in [-0.25, -0.2) is 9.59 Å². The number of carbonyl (C=O) groups is 2. The lowest BCUT2D eigenvalue weighted by molar-refractivity contribution is -0.141. The van der Waals surface area contributed by atoms with Crippen LogP contribution in [0.2, 0.25) is 0 Å².